The number of carbonyl (C=O) groups excluding carboxylic acids is 2. The van der Waals surface area contributed by atoms with E-state index in [0.717, 1.165) is 33.5 Å². The second kappa shape index (κ2) is 7.99. The van der Waals surface area contributed by atoms with Gasteiger partial charge in [0.2, 0.25) is 0 Å². The van der Waals surface area contributed by atoms with E-state index in [-0.39, 0.29) is 18.4 Å². The molecule has 4 heteroatoms. The number of nitrogens with one attached hydrogen (secondary N) is 1. The number of rotatable bonds is 5. The van der Waals surface area contributed by atoms with Crippen molar-refractivity contribution in [1.82, 2.24) is 4.90 Å². The van der Waals surface area contributed by atoms with Crippen molar-refractivity contribution in [2.45, 2.75) is 27.3 Å². The summed E-state index contributed by atoms with van der Waals surface area (Å²) in [5.41, 5.74) is 6.54. The Morgan fingerprint density at radius 1 is 0.767 bits per heavy atom. The van der Waals surface area contributed by atoms with E-state index in [1.165, 1.54) is 4.90 Å². The van der Waals surface area contributed by atoms with Gasteiger partial charge in [-0.05, 0) is 55.2 Å². The molecule has 0 radical (unpaired) electrons. The Balaban J connectivity index is 1.75. The monoisotopic (exact) mass is 396 g/mol. The lowest BCUT2D eigenvalue weighted by Gasteiger charge is -2.15. The molecule has 0 saturated heterocycles. The summed E-state index contributed by atoms with van der Waals surface area (Å²) in [6.07, 6.45) is 0. The van der Waals surface area contributed by atoms with Crippen LogP contribution < -0.4 is 5.32 Å². The Morgan fingerprint density at radius 2 is 1.47 bits per heavy atom. The van der Waals surface area contributed by atoms with Crippen LogP contribution in [0.1, 0.15) is 27.8 Å². The van der Waals surface area contributed by atoms with E-state index in [9.17, 15) is 9.59 Å². The number of carbonyl (C=O) groups is 2. The molecule has 150 valence electrons. The van der Waals surface area contributed by atoms with Crippen LogP contribution in [0.15, 0.2) is 78.5 Å². The summed E-state index contributed by atoms with van der Waals surface area (Å²) < 4.78 is 0. The molecular formula is C26H24N2O2. The van der Waals surface area contributed by atoms with Gasteiger partial charge in [0.15, 0.2) is 0 Å². The van der Waals surface area contributed by atoms with Gasteiger partial charge in [0.1, 0.15) is 5.70 Å². The Morgan fingerprint density at radius 3 is 2.13 bits per heavy atom. The molecule has 0 bridgehead atoms. The molecule has 2 amide bonds. The molecule has 0 fully saturated rings. The van der Waals surface area contributed by atoms with E-state index in [1.54, 1.807) is 0 Å². The number of aryl methyl sites for hydroxylation is 3. The zero-order chi connectivity index (χ0) is 21.3. The number of hydrogen-bond donors (Lipinski definition) is 1. The van der Waals surface area contributed by atoms with Crippen molar-refractivity contribution in [2.75, 3.05) is 5.32 Å². The summed E-state index contributed by atoms with van der Waals surface area (Å²) in [5.74, 6) is -0.583. The van der Waals surface area contributed by atoms with Gasteiger partial charge in [0.05, 0.1) is 12.1 Å². The fourth-order valence-electron chi connectivity index (χ4n) is 3.54. The molecule has 0 aromatic heterocycles. The lowest BCUT2D eigenvalue weighted by Crippen LogP contribution is -2.32. The minimum atomic E-state index is -0.308. The summed E-state index contributed by atoms with van der Waals surface area (Å²) in [6.45, 7) is 6.29. The van der Waals surface area contributed by atoms with Crippen LogP contribution in [0.25, 0.3) is 5.57 Å². The van der Waals surface area contributed by atoms with Crippen LogP contribution in [0.3, 0.4) is 0 Å². The molecule has 4 nitrogen and oxygen atoms in total. The molecule has 1 N–H and O–H groups in total. The molecule has 30 heavy (non-hydrogen) atoms. The van der Waals surface area contributed by atoms with E-state index in [2.05, 4.69) is 5.32 Å². The summed E-state index contributed by atoms with van der Waals surface area (Å²) in [6, 6.07) is 23.2. The lowest BCUT2D eigenvalue weighted by atomic mass is 9.99. The van der Waals surface area contributed by atoms with Crippen LogP contribution in [-0.4, -0.2) is 16.7 Å². The molecule has 0 aliphatic carbocycles. The number of para-hydroxylation sites is 1. The highest BCUT2D eigenvalue weighted by molar-refractivity contribution is 6.36. The van der Waals surface area contributed by atoms with Gasteiger partial charge in [-0.1, -0.05) is 66.2 Å². The van der Waals surface area contributed by atoms with Crippen molar-refractivity contribution in [1.29, 1.82) is 0 Å². The molecule has 3 aromatic rings. The predicted octanol–water partition coefficient (Wildman–Crippen LogP) is 5.00. The predicted molar refractivity (Wildman–Crippen MR) is 120 cm³/mol. The SMILES string of the molecule is Cc1ccc(CN2C(=O)C(Nc3ccccc3)=C(c3ccc(C)c(C)c3)C2=O)cc1. The van der Waals surface area contributed by atoms with Crippen LogP contribution in [0.2, 0.25) is 0 Å². The fourth-order valence-corrected chi connectivity index (χ4v) is 3.54. The van der Waals surface area contributed by atoms with Crippen LogP contribution in [0.5, 0.6) is 0 Å². The molecule has 4 rings (SSSR count). The molecule has 1 aliphatic rings. The van der Waals surface area contributed by atoms with E-state index in [0.29, 0.717) is 11.3 Å². The van der Waals surface area contributed by atoms with Gasteiger partial charge >= 0.3 is 0 Å². The first-order chi connectivity index (χ1) is 14.4. The van der Waals surface area contributed by atoms with Gasteiger partial charge in [0.25, 0.3) is 11.8 Å². The summed E-state index contributed by atoms with van der Waals surface area (Å²) in [4.78, 5) is 28.0. The van der Waals surface area contributed by atoms with Crippen molar-refractivity contribution in [3.05, 3.63) is 106 Å². The third kappa shape index (κ3) is 3.77. The third-order valence-corrected chi connectivity index (χ3v) is 5.47. The largest absolute Gasteiger partial charge is 0.350 e. The van der Waals surface area contributed by atoms with Crippen molar-refractivity contribution < 1.29 is 9.59 Å². The van der Waals surface area contributed by atoms with Gasteiger partial charge in [-0.15, -0.1) is 0 Å². The van der Waals surface area contributed by atoms with Crippen molar-refractivity contribution in [3.8, 4) is 0 Å². The first-order valence-corrected chi connectivity index (χ1v) is 10.00. The number of anilines is 1. The topological polar surface area (TPSA) is 49.4 Å². The van der Waals surface area contributed by atoms with Gasteiger partial charge in [0, 0.05) is 5.69 Å². The number of amides is 2. The Kier molecular flexibility index (Phi) is 5.23. The van der Waals surface area contributed by atoms with Crippen LogP contribution >= 0.6 is 0 Å². The number of imide groups is 1. The van der Waals surface area contributed by atoms with Gasteiger partial charge in [-0.2, -0.15) is 0 Å². The zero-order valence-corrected chi connectivity index (χ0v) is 17.4. The molecule has 0 atom stereocenters. The normalized spacial score (nSPS) is 13.9. The Bertz CT molecular complexity index is 1150. The lowest BCUT2D eigenvalue weighted by molar-refractivity contribution is -0.137. The molecule has 0 saturated carbocycles. The molecule has 1 aliphatic heterocycles. The highest BCUT2D eigenvalue weighted by atomic mass is 16.2. The van der Waals surface area contributed by atoms with E-state index in [4.69, 9.17) is 0 Å². The summed E-state index contributed by atoms with van der Waals surface area (Å²) in [5, 5.41) is 3.20. The fraction of sp³-hybridized carbons (Fsp3) is 0.154. The highest BCUT2D eigenvalue weighted by Gasteiger charge is 2.39. The minimum absolute atomic E-state index is 0.242. The van der Waals surface area contributed by atoms with E-state index < -0.39 is 0 Å². The maximum atomic E-state index is 13.4. The molecule has 0 unspecified atom stereocenters. The average Bonchev–Trinajstić information content (AvgIpc) is 2.97. The minimum Gasteiger partial charge on any atom is -0.350 e. The molecule has 1 heterocycles. The number of nitrogens with zero attached hydrogens (tertiary/aromatic N) is 1. The smallest absolute Gasteiger partial charge is 0.278 e. The maximum absolute atomic E-state index is 13.4. The van der Waals surface area contributed by atoms with Crippen molar-refractivity contribution >= 4 is 23.1 Å². The van der Waals surface area contributed by atoms with Crippen LogP contribution in [-0.2, 0) is 16.1 Å². The summed E-state index contributed by atoms with van der Waals surface area (Å²) >= 11 is 0. The van der Waals surface area contributed by atoms with Gasteiger partial charge < -0.3 is 5.32 Å². The molecule has 3 aromatic carbocycles. The second-order valence-electron chi connectivity index (χ2n) is 7.72. The van der Waals surface area contributed by atoms with Crippen molar-refractivity contribution in [2.24, 2.45) is 0 Å². The van der Waals surface area contributed by atoms with E-state index in [1.807, 2.05) is 93.6 Å². The van der Waals surface area contributed by atoms with Crippen LogP contribution in [0.4, 0.5) is 5.69 Å². The first-order valence-electron chi connectivity index (χ1n) is 10.00. The highest BCUT2D eigenvalue weighted by Crippen LogP contribution is 2.32. The first kappa shape index (κ1) is 19.6. The number of hydrogen-bond acceptors (Lipinski definition) is 3. The molecule has 0 spiro atoms. The Hall–Kier alpha value is -3.66. The number of benzene rings is 3. The summed E-state index contributed by atoms with van der Waals surface area (Å²) in [7, 11) is 0. The maximum Gasteiger partial charge on any atom is 0.278 e. The van der Waals surface area contributed by atoms with Crippen molar-refractivity contribution in [3.63, 3.8) is 0 Å². The van der Waals surface area contributed by atoms with Gasteiger partial charge in [-0.3, -0.25) is 14.5 Å². The Labute approximate surface area is 176 Å². The quantitative estimate of drug-likeness (QED) is 0.617. The van der Waals surface area contributed by atoms with E-state index >= 15 is 0 Å². The van der Waals surface area contributed by atoms with Gasteiger partial charge in [-0.25, -0.2) is 0 Å². The second-order valence-corrected chi connectivity index (χ2v) is 7.72. The third-order valence-electron chi connectivity index (χ3n) is 5.47. The molecular weight excluding hydrogens is 372 g/mol. The van der Waals surface area contributed by atoms with Crippen LogP contribution in [0, 0.1) is 20.8 Å². The average molecular weight is 396 g/mol. The standard InChI is InChI=1S/C26H24N2O2/c1-17-9-12-20(13-10-17)16-28-25(29)23(21-14-11-18(2)19(3)15-21)24(26(28)30)27-22-7-5-4-6-8-22/h4-15,27H,16H2,1-3H3. The zero-order valence-electron chi connectivity index (χ0n) is 17.4.